The van der Waals surface area contributed by atoms with Gasteiger partial charge in [0, 0.05) is 19.5 Å². The van der Waals surface area contributed by atoms with E-state index in [1.807, 2.05) is 0 Å². The van der Waals surface area contributed by atoms with Crippen molar-refractivity contribution in [2.24, 2.45) is 11.5 Å². The van der Waals surface area contributed by atoms with Gasteiger partial charge in [-0.25, -0.2) is 5.01 Å². The summed E-state index contributed by atoms with van der Waals surface area (Å²) in [5.74, 6) is -1.77. The summed E-state index contributed by atoms with van der Waals surface area (Å²) in [4.78, 5) is 35.2. The highest BCUT2D eigenvalue weighted by atomic mass is 16.4. The van der Waals surface area contributed by atoms with Crippen molar-refractivity contribution in [1.82, 2.24) is 15.8 Å². The normalized spacial score (nSPS) is 13.0. The number of hydrazine groups is 1. The molecule has 0 spiro atoms. The molecule has 156 valence electrons. The molecule has 0 radical (unpaired) electrons. The van der Waals surface area contributed by atoms with Gasteiger partial charge in [-0.15, -0.1) is 0 Å². The predicted molar refractivity (Wildman–Crippen MR) is 103 cm³/mol. The molecule has 0 unspecified atom stereocenters. The van der Waals surface area contributed by atoms with Gasteiger partial charge in [0.1, 0.15) is 12.3 Å². The SMILES string of the molecule is CN(CC(=O)O)NC(=O)C[C@H](CCCN)NC(=O)[C@@H](N)Cc1ccc(O)cc1. The van der Waals surface area contributed by atoms with Gasteiger partial charge in [-0.2, -0.15) is 0 Å². The van der Waals surface area contributed by atoms with Crippen LogP contribution in [0.4, 0.5) is 0 Å². The molecular formula is C18H29N5O5. The van der Waals surface area contributed by atoms with Crippen LogP contribution in [-0.2, 0) is 20.8 Å². The third-order valence-electron chi connectivity index (χ3n) is 3.95. The van der Waals surface area contributed by atoms with E-state index in [2.05, 4.69) is 10.7 Å². The number of likely N-dealkylation sites (N-methyl/N-ethyl adjacent to an activating group) is 1. The van der Waals surface area contributed by atoms with Crippen LogP contribution >= 0.6 is 0 Å². The van der Waals surface area contributed by atoms with Crippen LogP contribution in [0.15, 0.2) is 24.3 Å². The number of rotatable bonds is 12. The van der Waals surface area contributed by atoms with Gasteiger partial charge in [0.05, 0.1) is 6.04 Å². The average Bonchev–Trinajstić information content (AvgIpc) is 2.60. The number of aromatic hydroxyl groups is 1. The second-order valence-corrected chi connectivity index (χ2v) is 6.60. The molecule has 0 aliphatic heterocycles. The Hall–Kier alpha value is -2.69. The largest absolute Gasteiger partial charge is 0.508 e. The Balaban J connectivity index is 2.60. The number of benzene rings is 1. The number of phenolic OH excluding ortho intramolecular Hbond substituents is 1. The Kier molecular flexibility index (Phi) is 9.93. The molecule has 2 atom stereocenters. The molecule has 0 bridgehead atoms. The smallest absolute Gasteiger partial charge is 0.319 e. The van der Waals surface area contributed by atoms with Crippen molar-refractivity contribution in [3.8, 4) is 5.75 Å². The van der Waals surface area contributed by atoms with Crippen LogP contribution in [0.25, 0.3) is 0 Å². The first-order valence-electron chi connectivity index (χ1n) is 8.97. The fourth-order valence-electron chi connectivity index (χ4n) is 2.60. The number of nitrogens with one attached hydrogen (secondary N) is 2. The highest BCUT2D eigenvalue weighted by Gasteiger charge is 2.21. The Morgan fingerprint density at radius 3 is 2.43 bits per heavy atom. The van der Waals surface area contributed by atoms with E-state index in [1.54, 1.807) is 12.1 Å². The third kappa shape index (κ3) is 9.31. The van der Waals surface area contributed by atoms with Crippen molar-refractivity contribution in [3.05, 3.63) is 29.8 Å². The number of phenols is 1. The highest BCUT2D eigenvalue weighted by Crippen LogP contribution is 2.11. The van der Waals surface area contributed by atoms with Gasteiger partial charge in [0.2, 0.25) is 11.8 Å². The van der Waals surface area contributed by atoms with Crippen LogP contribution in [0.1, 0.15) is 24.8 Å². The summed E-state index contributed by atoms with van der Waals surface area (Å²) < 4.78 is 0. The minimum absolute atomic E-state index is 0.0262. The van der Waals surface area contributed by atoms with E-state index in [4.69, 9.17) is 16.6 Å². The molecule has 0 saturated heterocycles. The highest BCUT2D eigenvalue weighted by molar-refractivity contribution is 5.83. The summed E-state index contributed by atoms with van der Waals surface area (Å²) in [5.41, 5.74) is 14.7. The summed E-state index contributed by atoms with van der Waals surface area (Å²) in [6.07, 6.45) is 1.35. The summed E-state index contributed by atoms with van der Waals surface area (Å²) in [7, 11) is 1.44. The zero-order chi connectivity index (χ0) is 21.1. The van der Waals surface area contributed by atoms with Crippen LogP contribution in [0, 0.1) is 0 Å². The predicted octanol–water partition coefficient (Wildman–Crippen LogP) is -1.08. The van der Waals surface area contributed by atoms with Crippen LogP contribution < -0.4 is 22.2 Å². The number of carboxylic acids is 1. The number of carbonyl (C=O) groups is 3. The maximum atomic E-state index is 12.4. The molecule has 2 amide bonds. The minimum atomic E-state index is -1.07. The number of hydrogen-bond donors (Lipinski definition) is 6. The lowest BCUT2D eigenvalue weighted by Gasteiger charge is -2.22. The molecule has 1 rings (SSSR count). The number of carboxylic acid groups (broad SMARTS) is 1. The minimum Gasteiger partial charge on any atom is -0.508 e. The van der Waals surface area contributed by atoms with Crippen molar-refractivity contribution in [2.75, 3.05) is 20.1 Å². The maximum Gasteiger partial charge on any atom is 0.319 e. The molecule has 28 heavy (non-hydrogen) atoms. The van der Waals surface area contributed by atoms with E-state index in [0.717, 1.165) is 10.6 Å². The van der Waals surface area contributed by atoms with E-state index >= 15 is 0 Å². The molecule has 1 aromatic rings. The van der Waals surface area contributed by atoms with Crippen molar-refractivity contribution in [1.29, 1.82) is 0 Å². The molecular weight excluding hydrogens is 366 g/mol. The average molecular weight is 395 g/mol. The van der Waals surface area contributed by atoms with Gasteiger partial charge in [-0.05, 0) is 43.5 Å². The van der Waals surface area contributed by atoms with Crippen LogP contribution in [0.2, 0.25) is 0 Å². The first-order valence-corrected chi connectivity index (χ1v) is 8.97. The number of aliphatic carboxylic acids is 1. The topological polar surface area (TPSA) is 171 Å². The number of amides is 2. The molecule has 10 heteroatoms. The summed E-state index contributed by atoms with van der Waals surface area (Å²) in [6.45, 7) is 0.0650. The van der Waals surface area contributed by atoms with Crippen LogP contribution in [0.3, 0.4) is 0 Å². The molecule has 0 aliphatic carbocycles. The van der Waals surface area contributed by atoms with Gasteiger partial charge in [0.25, 0.3) is 0 Å². The fourth-order valence-corrected chi connectivity index (χ4v) is 2.60. The summed E-state index contributed by atoms with van der Waals surface area (Å²) in [6, 6.07) is 5.10. The van der Waals surface area contributed by atoms with E-state index in [1.165, 1.54) is 19.2 Å². The number of carbonyl (C=O) groups excluding carboxylic acids is 2. The van der Waals surface area contributed by atoms with E-state index in [0.29, 0.717) is 19.4 Å². The second-order valence-electron chi connectivity index (χ2n) is 6.60. The first kappa shape index (κ1) is 23.3. The summed E-state index contributed by atoms with van der Waals surface area (Å²) >= 11 is 0. The lowest BCUT2D eigenvalue weighted by atomic mass is 10.0. The molecule has 0 fully saturated rings. The molecule has 0 saturated carbocycles. The van der Waals surface area contributed by atoms with Gasteiger partial charge >= 0.3 is 5.97 Å². The van der Waals surface area contributed by atoms with Crippen LogP contribution in [-0.4, -0.2) is 65.2 Å². The molecule has 0 aliphatic rings. The molecule has 8 N–H and O–H groups in total. The molecule has 10 nitrogen and oxygen atoms in total. The lowest BCUT2D eigenvalue weighted by molar-refractivity contribution is -0.139. The van der Waals surface area contributed by atoms with Gasteiger partial charge in [-0.1, -0.05) is 12.1 Å². The first-order chi connectivity index (χ1) is 13.2. The van der Waals surface area contributed by atoms with Gasteiger partial charge in [0.15, 0.2) is 0 Å². The standard InChI is InChI=1S/C18H29N5O5/c1-23(11-17(26)27)22-16(25)10-13(3-2-8-19)21-18(28)15(20)9-12-4-6-14(24)7-5-12/h4-7,13,15,24H,2-3,8-11,19-20H2,1H3,(H,21,28)(H,22,25)(H,26,27)/t13-,15-/m0/s1. The van der Waals surface area contributed by atoms with E-state index < -0.39 is 29.9 Å². The van der Waals surface area contributed by atoms with Crippen molar-refractivity contribution < 1.29 is 24.6 Å². The monoisotopic (exact) mass is 395 g/mol. The maximum absolute atomic E-state index is 12.4. The molecule has 0 aromatic heterocycles. The van der Waals surface area contributed by atoms with Crippen molar-refractivity contribution >= 4 is 17.8 Å². The third-order valence-corrected chi connectivity index (χ3v) is 3.95. The Labute approximate surface area is 163 Å². The zero-order valence-corrected chi connectivity index (χ0v) is 15.9. The Morgan fingerprint density at radius 2 is 1.86 bits per heavy atom. The van der Waals surface area contributed by atoms with Gasteiger partial charge < -0.3 is 27.0 Å². The summed E-state index contributed by atoms with van der Waals surface area (Å²) in [5, 5.41) is 21.9. The number of nitrogens with zero attached hydrogens (tertiary/aromatic N) is 1. The zero-order valence-electron chi connectivity index (χ0n) is 15.9. The number of nitrogens with two attached hydrogens (primary N) is 2. The van der Waals surface area contributed by atoms with Gasteiger partial charge in [-0.3, -0.25) is 19.8 Å². The van der Waals surface area contributed by atoms with Crippen LogP contribution in [0.5, 0.6) is 5.75 Å². The quantitative estimate of drug-likeness (QED) is 0.243. The van der Waals surface area contributed by atoms with Crippen molar-refractivity contribution in [3.63, 3.8) is 0 Å². The molecule has 0 heterocycles. The van der Waals surface area contributed by atoms with Crippen molar-refractivity contribution in [2.45, 2.75) is 37.8 Å². The number of hydrogen-bond acceptors (Lipinski definition) is 7. The fraction of sp³-hybridized carbons (Fsp3) is 0.500. The van der Waals surface area contributed by atoms with E-state index in [-0.39, 0.29) is 25.1 Å². The lowest BCUT2D eigenvalue weighted by Crippen LogP contribution is -2.49. The van der Waals surface area contributed by atoms with E-state index in [9.17, 15) is 19.5 Å². The Morgan fingerprint density at radius 1 is 1.21 bits per heavy atom. The molecule has 1 aromatic carbocycles. The Bertz CT molecular complexity index is 652. The second kappa shape index (κ2) is 11.9.